The van der Waals surface area contributed by atoms with E-state index < -0.39 is 5.97 Å². The van der Waals surface area contributed by atoms with Gasteiger partial charge in [-0.05, 0) is 62.4 Å². The Hall–Kier alpha value is -3.13. The van der Waals surface area contributed by atoms with Gasteiger partial charge in [-0.3, -0.25) is 14.2 Å². The molecular weight excluding hydrogens is 378 g/mol. The summed E-state index contributed by atoms with van der Waals surface area (Å²) in [5.41, 5.74) is 1.44. The minimum Gasteiger partial charge on any atom is -0.497 e. The molecule has 0 N–H and O–H groups in total. The van der Waals surface area contributed by atoms with E-state index in [0.717, 1.165) is 11.4 Å². The van der Waals surface area contributed by atoms with E-state index in [0.29, 0.717) is 22.3 Å². The van der Waals surface area contributed by atoms with Crippen molar-refractivity contribution >= 4 is 23.5 Å². The standard InChI is InChI=1S/C20H19N3O4S/c1-13(24)15-4-8-18(9-5-15)27-19(25)12-28-20-22-21-14(2)23(20)16-6-10-17(26-3)11-7-16/h4-11H,12H2,1-3H3. The summed E-state index contributed by atoms with van der Waals surface area (Å²) in [5.74, 6) is 1.47. The molecule has 3 rings (SSSR count). The molecule has 1 aromatic heterocycles. The van der Waals surface area contributed by atoms with Crippen molar-refractivity contribution in [3.8, 4) is 17.2 Å². The Bertz CT molecular complexity index is 982. The second-order valence-electron chi connectivity index (χ2n) is 5.91. The first-order valence-corrected chi connectivity index (χ1v) is 9.47. The summed E-state index contributed by atoms with van der Waals surface area (Å²) in [7, 11) is 1.61. The Kier molecular flexibility index (Phi) is 6.10. The molecule has 3 aromatic rings. The molecule has 7 nitrogen and oxygen atoms in total. The van der Waals surface area contributed by atoms with Crippen LogP contribution in [0.2, 0.25) is 0 Å². The average Bonchev–Trinajstić information content (AvgIpc) is 3.07. The van der Waals surface area contributed by atoms with E-state index in [2.05, 4.69) is 10.2 Å². The van der Waals surface area contributed by atoms with E-state index in [4.69, 9.17) is 9.47 Å². The van der Waals surface area contributed by atoms with Crippen LogP contribution in [0.5, 0.6) is 11.5 Å². The van der Waals surface area contributed by atoms with Gasteiger partial charge >= 0.3 is 5.97 Å². The number of thioether (sulfide) groups is 1. The third kappa shape index (κ3) is 4.58. The number of aromatic nitrogens is 3. The molecule has 0 aliphatic heterocycles. The number of methoxy groups -OCH3 is 1. The maximum absolute atomic E-state index is 12.2. The molecule has 0 aliphatic rings. The van der Waals surface area contributed by atoms with Crippen LogP contribution in [0, 0.1) is 6.92 Å². The number of rotatable bonds is 7. The highest BCUT2D eigenvalue weighted by molar-refractivity contribution is 7.99. The SMILES string of the molecule is COc1ccc(-n2c(C)nnc2SCC(=O)Oc2ccc(C(C)=O)cc2)cc1. The first-order valence-electron chi connectivity index (χ1n) is 8.49. The Labute approximate surface area is 166 Å². The van der Waals surface area contributed by atoms with E-state index in [1.165, 1.54) is 18.7 Å². The van der Waals surface area contributed by atoms with Crippen LogP contribution in [-0.2, 0) is 4.79 Å². The lowest BCUT2D eigenvalue weighted by Gasteiger charge is -2.09. The largest absolute Gasteiger partial charge is 0.497 e. The molecule has 0 atom stereocenters. The van der Waals surface area contributed by atoms with Gasteiger partial charge in [0.05, 0.1) is 12.9 Å². The molecule has 2 aromatic carbocycles. The van der Waals surface area contributed by atoms with Crippen molar-refractivity contribution in [1.82, 2.24) is 14.8 Å². The Balaban J connectivity index is 1.65. The van der Waals surface area contributed by atoms with Crippen LogP contribution in [0.25, 0.3) is 5.69 Å². The topological polar surface area (TPSA) is 83.3 Å². The lowest BCUT2D eigenvalue weighted by atomic mass is 10.1. The molecule has 0 fully saturated rings. The summed E-state index contributed by atoms with van der Waals surface area (Å²) in [6.07, 6.45) is 0. The van der Waals surface area contributed by atoms with Crippen LogP contribution in [0.15, 0.2) is 53.7 Å². The molecule has 0 saturated carbocycles. The predicted octanol–water partition coefficient (Wildman–Crippen LogP) is 3.48. The fraction of sp³-hybridized carbons (Fsp3) is 0.200. The van der Waals surface area contributed by atoms with Crippen molar-refractivity contribution < 1.29 is 19.1 Å². The van der Waals surface area contributed by atoms with Crippen molar-refractivity contribution in [2.75, 3.05) is 12.9 Å². The second-order valence-corrected chi connectivity index (χ2v) is 6.85. The average molecular weight is 397 g/mol. The van der Waals surface area contributed by atoms with Crippen LogP contribution in [0.3, 0.4) is 0 Å². The van der Waals surface area contributed by atoms with E-state index in [-0.39, 0.29) is 11.5 Å². The highest BCUT2D eigenvalue weighted by Crippen LogP contribution is 2.24. The molecule has 28 heavy (non-hydrogen) atoms. The van der Waals surface area contributed by atoms with E-state index in [1.807, 2.05) is 35.8 Å². The van der Waals surface area contributed by atoms with Gasteiger partial charge in [-0.2, -0.15) is 0 Å². The smallest absolute Gasteiger partial charge is 0.321 e. The summed E-state index contributed by atoms with van der Waals surface area (Å²) in [6, 6.07) is 13.9. The van der Waals surface area contributed by atoms with Crippen LogP contribution in [0.4, 0.5) is 0 Å². The molecule has 0 radical (unpaired) electrons. The zero-order chi connectivity index (χ0) is 20.1. The number of carbonyl (C=O) groups is 2. The maximum Gasteiger partial charge on any atom is 0.321 e. The first kappa shape index (κ1) is 19.6. The predicted molar refractivity (Wildman–Crippen MR) is 105 cm³/mol. The van der Waals surface area contributed by atoms with Crippen LogP contribution in [0.1, 0.15) is 23.1 Å². The fourth-order valence-electron chi connectivity index (χ4n) is 2.51. The third-order valence-electron chi connectivity index (χ3n) is 3.94. The number of nitrogens with zero attached hydrogens (tertiary/aromatic N) is 3. The van der Waals surface area contributed by atoms with Gasteiger partial charge in [0.15, 0.2) is 10.9 Å². The number of hydrogen-bond donors (Lipinski definition) is 0. The van der Waals surface area contributed by atoms with Gasteiger partial charge in [-0.15, -0.1) is 10.2 Å². The number of Topliss-reactive ketones (excluding diaryl/α,β-unsaturated/α-hetero) is 1. The maximum atomic E-state index is 12.2. The van der Waals surface area contributed by atoms with Crippen molar-refractivity contribution in [3.63, 3.8) is 0 Å². The summed E-state index contributed by atoms with van der Waals surface area (Å²) < 4.78 is 12.3. The fourth-order valence-corrected chi connectivity index (χ4v) is 3.28. The van der Waals surface area contributed by atoms with Crippen molar-refractivity contribution in [2.45, 2.75) is 19.0 Å². The molecule has 8 heteroatoms. The van der Waals surface area contributed by atoms with E-state index in [9.17, 15) is 9.59 Å². The molecule has 0 bridgehead atoms. The zero-order valence-electron chi connectivity index (χ0n) is 15.7. The molecule has 0 amide bonds. The monoisotopic (exact) mass is 397 g/mol. The number of carbonyl (C=O) groups excluding carboxylic acids is 2. The first-order chi connectivity index (χ1) is 13.5. The summed E-state index contributed by atoms with van der Waals surface area (Å²) >= 11 is 1.24. The van der Waals surface area contributed by atoms with E-state index in [1.54, 1.807) is 31.4 Å². The number of ketones is 1. The minimum absolute atomic E-state index is 0.0401. The Morgan fingerprint density at radius 2 is 1.64 bits per heavy atom. The van der Waals surface area contributed by atoms with Gasteiger partial charge < -0.3 is 9.47 Å². The third-order valence-corrected chi connectivity index (χ3v) is 4.84. The summed E-state index contributed by atoms with van der Waals surface area (Å²) in [6.45, 7) is 3.33. The Morgan fingerprint density at radius 3 is 2.25 bits per heavy atom. The number of ether oxygens (including phenoxy) is 2. The molecule has 0 saturated heterocycles. The van der Waals surface area contributed by atoms with Gasteiger partial charge in [0.2, 0.25) is 0 Å². The highest BCUT2D eigenvalue weighted by atomic mass is 32.2. The normalized spacial score (nSPS) is 10.5. The number of aryl methyl sites for hydroxylation is 1. The quantitative estimate of drug-likeness (QED) is 0.261. The molecule has 0 spiro atoms. The minimum atomic E-state index is -0.414. The molecule has 0 aliphatic carbocycles. The number of benzene rings is 2. The van der Waals surface area contributed by atoms with Gasteiger partial charge in [0.25, 0.3) is 0 Å². The van der Waals surface area contributed by atoms with Gasteiger partial charge in [-0.25, -0.2) is 0 Å². The Morgan fingerprint density at radius 1 is 1.00 bits per heavy atom. The lowest BCUT2D eigenvalue weighted by molar-refractivity contribution is -0.131. The zero-order valence-corrected chi connectivity index (χ0v) is 16.5. The van der Waals surface area contributed by atoms with Gasteiger partial charge in [0, 0.05) is 11.3 Å². The van der Waals surface area contributed by atoms with Gasteiger partial charge in [-0.1, -0.05) is 11.8 Å². The highest BCUT2D eigenvalue weighted by Gasteiger charge is 2.14. The van der Waals surface area contributed by atoms with Gasteiger partial charge in [0.1, 0.15) is 17.3 Å². The summed E-state index contributed by atoms with van der Waals surface area (Å²) in [5, 5.41) is 8.83. The van der Waals surface area contributed by atoms with Crippen LogP contribution in [-0.4, -0.2) is 39.4 Å². The summed E-state index contributed by atoms with van der Waals surface area (Å²) in [4.78, 5) is 23.5. The van der Waals surface area contributed by atoms with Crippen LogP contribution < -0.4 is 9.47 Å². The van der Waals surface area contributed by atoms with Crippen molar-refractivity contribution in [3.05, 3.63) is 59.9 Å². The van der Waals surface area contributed by atoms with Crippen molar-refractivity contribution in [1.29, 1.82) is 0 Å². The lowest BCUT2D eigenvalue weighted by Crippen LogP contribution is -2.11. The van der Waals surface area contributed by atoms with Crippen LogP contribution >= 0.6 is 11.8 Å². The van der Waals surface area contributed by atoms with Crippen molar-refractivity contribution in [2.24, 2.45) is 0 Å². The molecule has 0 unspecified atom stereocenters. The molecular formula is C20H19N3O4S. The molecule has 1 heterocycles. The molecule has 144 valence electrons. The second kappa shape index (κ2) is 8.71. The number of hydrogen-bond acceptors (Lipinski definition) is 7. The number of esters is 1. The van der Waals surface area contributed by atoms with E-state index >= 15 is 0 Å².